The van der Waals surface area contributed by atoms with Crippen molar-refractivity contribution in [2.45, 2.75) is 24.5 Å². The number of likely N-dealkylation sites (tertiary alicyclic amines) is 1. The van der Waals surface area contributed by atoms with Crippen LogP contribution in [0.1, 0.15) is 12.1 Å². The Hall–Kier alpha value is -3.51. The third-order valence-corrected chi connectivity index (χ3v) is 5.97. The number of hydrogen-bond donors (Lipinski definition) is 0. The first-order valence-corrected chi connectivity index (χ1v) is 9.29. The summed E-state index contributed by atoms with van der Waals surface area (Å²) in [5, 5.41) is 10.5. The maximum absolute atomic E-state index is 13.3. The van der Waals surface area contributed by atoms with Crippen LogP contribution < -0.4 is 4.90 Å². The molecule has 2 aromatic rings. The van der Waals surface area contributed by atoms with Crippen LogP contribution in [-0.4, -0.2) is 71.0 Å². The zero-order valence-corrected chi connectivity index (χ0v) is 15.6. The molecule has 3 fully saturated rings. The summed E-state index contributed by atoms with van der Waals surface area (Å²) in [4.78, 5) is 47.4. The number of imide groups is 1. The number of hydrogen-bond acceptors (Lipinski definition) is 6. The summed E-state index contributed by atoms with van der Waals surface area (Å²) in [6.45, 7) is 0.356. The average molecular weight is 391 g/mol. The number of piperazine rings is 1. The molecule has 2 unspecified atom stereocenters. The zero-order chi connectivity index (χ0) is 20.3. The summed E-state index contributed by atoms with van der Waals surface area (Å²) in [6, 6.07) is 7.47. The molecule has 0 aliphatic carbocycles. The number of ether oxygens (including phenoxy) is 1. The fourth-order valence-electron chi connectivity index (χ4n) is 4.82. The second kappa shape index (κ2) is 6.25. The first kappa shape index (κ1) is 17.6. The summed E-state index contributed by atoms with van der Waals surface area (Å²) in [5.74, 6) is -0.544. The predicted molar refractivity (Wildman–Crippen MR) is 101 cm³/mol. The maximum Gasteiger partial charge on any atom is 0.332 e. The van der Waals surface area contributed by atoms with Gasteiger partial charge in [-0.25, -0.2) is 14.7 Å². The molecule has 1 aromatic heterocycles. The molecule has 9 heteroatoms. The number of anilines is 1. The van der Waals surface area contributed by atoms with E-state index in [-0.39, 0.29) is 36.2 Å². The molecule has 29 heavy (non-hydrogen) atoms. The Kier molecular flexibility index (Phi) is 3.79. The van der Waals surface area contributed by atoms with Crippen LogP contribution in [0.3, 0.4) is 0 Å². The lowest BCUT2D eigenvalue weighted by atomic mass is 10.1. The van der Waals surface area contributed by atoms with Crippen molar-refractivity contribution in [2.24, 2.45) is 0 Å². The highest BCUT2D eigenvalue weighted by molar-refractivity contribution is 6.25. The number of urea groups is 1. The number of benzene rings is 1. The monoisotopic (exact) mass is 391 g/mol. The van der Waals surface area contributed by atoms with Crippen LogP contribution in [0.25, 0.3) is 10.8 Å². The predicted octanol–water partition coefficient (Wildman–Crippen LogP) is 0.873. The van der Waals surface area contributed by atoms with Gasteiger partial charge in [0.25, 0.3) is 5.91 Å². The number of nitrogens with zero attached hydrogens (tertiary/aromatic N) is 5. The number of aromatic nitrogens is 1. The number of carbonyl (C=O) groups is 3. The molecule has 3 aliphatic rings. The van der Waals surface area contributed by atoms with Crippen LogP contribution in [0.5, 0.6) is 0 Å². The summed E-state index contributed by atoms with van der Waals surface area (Å²) < 4.78 is 4.94. The van der Waals surface area contributed by atoms with Crippen LogP contribution in [0, 0.1) is 11.3 Å². The lowest BCUT2D eigenvalue weighted by Gasteiger charge is -2.34. The number of methoxy groups -OCH3 is 1. The van der Waals surface area contributed by atoms with Gasteiger partial charge in [-0.05, 0) is 6.42 Å². The van der Waals surface area contributed by atoms with E-state index in [1.54, 1.807) is 34.1 Å². The third kappa shape index (κ3) is 2.29. The Labute approximate surface area is 166 Å². The highest BCUT2D eigenvalue weighted by atomic mass is 16.5. The second-order valence-corrected chi connectivity index (χ2v) is 7.39. The van der Waals surface area contributed by atoms with Crippen molar-refractivity contribution < 1.29 is 19.1 Å². The topological polar surface area (TPSA) is 107 Å². The van der Waals surface area contributed by atoms with Crippen LogP contribution in [0.4, 0.5) is 10.5 Å². The van der Waals surface area contributed by atoms with Crippen LogP contribution >= 0.6 is 0 Å². The largest absolute Gasteiger partial charge is 0.375 e. The highest BCUT2D eigenvalue weighted by Crippen LogP contribution is 2.43. The Bertz CT molecular complexity index is 1110. The number of nitriles is 1. The molecule has 146 valence electrons. The van der Waals surface area contributed by atoms with Gasteiger partial charge < -0.3 is 14.5 Å². The highest BCUT2D eigenvalue weighted by Gasteiger charge is 2.63. The second-order valence-electron chi connectivity index (χ2n) is 7.39. The molecular weight excluding hydrogens is 374 g/mol. The summed E-state index contributed by atoms with van der Waals surface area (Å²) >= 11 is 0. The molecule has 0 saturated carbocycles. The van der Waals surface area contributed by atoms with E-state index in [2.05, 4.69) is 4.98 Å². The fourth-order valence-corrected chi connectivity index (χ4v) is 4.82. The summed E-state index contributed by atoms with van der Waals surface area (Å²) in [7, 11) is 1.45. The van der Waals surface area contributed by atoms with E-state index in [1.807, 2.05) is 6.07 Å². The number of rotatable bonds is 3. The van der Waals surface area contributed by atoms with Gasteiger partial charge in [-0.1, -0.05) is 24.3 Å². The van der Waals surface area contributed by atoms with Crippen molar-refractivity contribution in [2.75, 3.05) is 25.2 Å². The molecule has 4 amide bonds. The number of fused-ring (bicyclic) bond motifs is 6. The molecule has 0 radical (unpaired) electrons. The van der Waals surface area contributed by atoms with Gasteiger partial charge >= 0.3 is 6.03 Å². The molecule has 3 aliphatic heterocycles. The fraction of sp³-hybridized carbons (Fsp3) is 0.350. The first-order valence-electron chi connectivity index (χ1n) is 9.29. The van der Waals surface area contributed by atoms with Gasteiger partial charge in [0.05, 0.1) is 24.0 Å². The average Bonchev–Trinajstić information content (AvgIpc) is 3.39. The van der Waals surface area contributed by atoms with Gasteiger partial charge in [-0.3, -0.25) is 9.59 Å². The van der Waals surface area contributed by atoms with Gasteiger partial charge in [0.2, 0.25) is 5.91 Å². The third-order valence-electron chi connectivity index (χ3n) is 5.97. The Morgan fingerprint density at radius 1 is 1.31 bits per heavy atom. The summed E-state index contributed by atoms with van der Waals surface area (Å²) in [5.41, 5.74) is 0.596. The van der Waals surface area contributed by atoms with Crippen molar-refractivity contribution >= 4 is 34.3 Å². The van der Waals surface area contributed by atoms with Gasteiger partial charge in [0.1, 0.15) is 24.4 Å². The molecular formula is C20H17N5O4. The van der Waals surface area contributed by atoms with E-state index in [1.165, 1.54) is 13.3 Å². The molecule has 5 rings (SSSR count). The quantitative estimate of drug-likeness (QED) is 0.719. The zero-order valence-electron chi connectivity index (χ0n) is 15.6. The standard InChI is InChI=1S/C20H17N5O4/c1-29-10-17(26)23-9-11-6-15(23)18-19(27)25(20(28)24(11)18)16-8-22-14(7-21)12-4-2-3-5-13(12)16/h2-5,8,11,15,18H,6,9-10H2,1H3/t11?,15?,18-/m0/s1. The van der Waals surface area contributed by atoms with Gasteiger partial charge in [0.15, 0.2) is 0 Å². The molecule has 1 aromatic carbocycles. The molecule has 9 nitrogen and oxygen atoms in total. The maximum atomic E-state index is 13.3. The molecule has 0 spiro atoms. The van der Waals surface area contributed by atoms with Crippen molar-refractivity contribution in [3.8, 4) is 6.07 Å². The van der Waals surface area contributed by atoms with E-state index in [0.29, 0.717) is 29.4 Å². The lowest BCUT2D eigenvalue weighted by Crippen LogP contribution is -2.55. The van der Waals surface area contributed by atoms with Crippen molar-refractivity contribution in [1.82, 2.24) is 14.8 Å². The first-order chi connectivity index (χ1) is 14.1. The molecule has 3 saturated heterocycles. The van der Waals surface area contributed by atoms with Crippen molar-refractivity contribution in [3.63, 3.8) is 0 Å². The van der Waals surface area contributed by atoms with Crippen LogP contribution in [0.2, 0.25) is 0 Å². The molecule has 2 bridgehead atoms. The van der Waals surface area contributed by atoms with Gasteiger partial charge in [0, 0.05) is 24.4 Å². The van der Waals surface area contributed by atoms with E-state index in [4.69, 9.17) is 4.74 Å². The lowest BCUT2D eigenvalue weighted by molar-refractivity contribution is -0.139. The minimum absolute atomic E-state index is 0.0496. The van der Waals surface area contributed by atoms with E-state index in [9.17, 15) is 19.6 Å². The number of amides is 4. The molecule has 0 N–H and O–H groups in total. The Morgan fingerprint density at radius 3 is 2.79 bits per heavy atom. The summed E-state index contributed by atoms with van der Waals surface area (Å²) in [6.07, 6.45) is 1.99. The smallest absolute Gasteiger partial charge is 0.332 e. The Balaban J connectivity index is 1.55. The van der Waals surface area contributed by atoms with Crippen molar-refractivity contribution in [1.29, 1.82) is 5.26 Å². The SMILES string of the molecule is COCC(=O)N1CC2CC1[C@H]1C(=O)N(c3cnc(C#N)c4ccccc34)C(=O)N21. The normalized spacial score (nSPS) is 25.1. The van der Waals surface area contributed by atoms with Gasteiger partial charge in [-0.2, -0.15) is 5.26 Å². The molecule has 3 atom stereocenters. The number of pyridine rings is 1. The van der Waals surface area contributed by atoms with E-state index < -0.39 is 12.1 Å². The Morgan fingerprint density at radius 2 is 2.07 bits per heavy atom. The minimum Gasteiger partial charge on any atom is -0.375 e. The molecule has 4 heterocycles. The van der Waals surface area contributed by atoms with Gasteiger partial charge in [-0.15, -0.1) is 0 Å². The van der Waals surface area contributed by atoms with Crippen molar-refractivity contribution in [3.05, 3.63) is 36.2 Å². The van der Waals surface area contributed by atoms with Crippen LogP contribution in [-0.2, 0) is 14.3 Å². The van der Waals surface area contributed by atoms with E-state index in [0.717, 1.165) is 4.90 Å². The van der Waals surface area contributed by atoms with E-state index >= 15 is 0 Å². The van der Waals surface area contributed by atoms with Crippen LogP contribution in [0.15, 0.2) is 30.5 Å². The minimum atomic E-state index is -0.698. The number of carbonyl (C=O) groups excluding carboxylic acids is 3.